The Morgan fingerprint density at radius 3 is 2.89 bits per heavy atom. The van der Waals surface area contributed by atoms with E-state index in [2.05, 4.69) is 0 Å². The topological polar surface area (TPSA) is 66.8 Å². The highest BCUT2D eigenvalue weighted by Gasteiger charge is 2.40. The van der Waals surface area contributed by atoms with Crippen LogP contribution in [0.25, 0.3) is 0 Å². The quantitative estimate of drug-likeness (QED) is 0.869. The predicted molar refractivity (Wildman–Crippen MR) is 67.0 cm³/mol. The zero-order valence-corrected chi connectivity index (χ0v) is 10.4. The van der Waals surface area contributed by atoms with Crippen LogP contribution in [0.15, 0.2) is 24.3 Å². The van der Waals surface area contributed by atoms with Gasteiger partial charge in [0.05, 0.1) is 0 Å². The minimum atomic E-state index is -0.918. The molecule has 100 valence electrons. The third-order valence-corrected chi connectivity index (χ3v) is 3.82. The van der Waals surface area contributed by atoms with Crippen molar-refractivity contribution in [1.82, 2.24) is 4.90 Å². The number of carboxylic acids is 1. The molecule has 0 radical (unpaired) electrons. The van der Waals surface area contributed by atoms with Crippen molar-refractivity contribution < 1.29 is 19.4 Å². The zero-order chi connectivity index (χ0) is 13.4. The van der Waals surface area contributed by atoms with Crippen LogP contribution in [0.5, 0.6) is 5.75 Å². The molecule has 1 saturated heterocycles. The van der Waals surface area contributed by atoms with Crippen molar-refractivity contribution in [1.29, 1.82) is 0 Å². The van der Waals surface area contributed by atoms with Crippen LogP contribution in [0.1, 0.15) is 24.3 Å². The van der Waals surface area contributed by atoms with Gasteiger partial charge in [-0.3, -0.25) is 4.79 Å². The first-order chi connectivity index (χ1) is 9.18. The molecule has 2 unspecified atom stereocenters. The Bertz CT molecular complexity index is 528. The van der Waals surface area contributed by atoms with E-state index in [0.29, 0.717) is 19.6 Å². The number of nitrogens with zero attached hydrogens (tertiary/aromatic N) is 1. The van der Waals surface area contributed by atoms with Crippen molar-refractivity contribution in [2.75, 3.05) is 13.2 Å². The van der Waals surface area contributed by atoms with Gasteiger partial charge in [0, 0.05) is 12.1 Å². The minimum absolute atomic E-state index is 0.130. The molecule has 2 atom stereocenters. The number of ether oxygens (including phenoxy) is 1. The van der Waals surface area contributed by atoms with Gasteiger partial charge in [-0.15, -0.1) is 0 Å². The molecule has 1 fully saturated rings. The summed E-state index contributed by atoms with van der Waals surface area (Å²) >= 11 is 0. The number of fused-ring (bicyclic) bond motifs is 1. The number of aliphatic carboxylic acids is 1. The van der Waals surface area contributed by atoms with Crippen molar-refractivity contribution in [2.45, 2.75) is 24.8 Å². The van der Waals surface area contributed by atoms with Gasteiger partial charge < -0.3 is 14.7 Å². The lowest BCUT2D eigenvalue weighted by molar-refractivity contribution is -0.148. The summed E-state index contributed by atoms with van der Waals surface area (Å²) in [6.07, 6.45) is 1.29. The normalized spacial score (nSPS) is 24.9. The zero-order valence-electron chi connectivity index (χ0n) is 10.4. The van der Waals surface area contributed by atoms with E-state index in [1.807, 2.05) is 24.3 Å². The summed E-state index contributed by atoms with van der Waals surface area (Å²) in [5, 5.41) is 9.15. The molecule has 0 aromatic heterocycles. The van der Waals surface area contributed by atoms with Crippen molar-refractivity contribution in [3.8, 4) is 5.75 Å². The van der Waals surface area contributed by atoms with Crippen LogP contribution in [0.2, 0.25) is 0 Å². The number of rotatable bonds is 2. The van der Waals surface area contributed by atoms with Gasteiger partial charge in [-0.05, 0) is 18.9 Å². The van der Waals surface area contributed by atoms with E-state index in [4.69, 9.17) is 9.84 Å². The Morgan fingerprint density at radius 2 is 2.11 bits per heavy atom. The molecule has 0 saturated carbocycles. The molecule has 0 spiro atoms. The first-order valence-electron chi connectivity index (χ1n) is 6.43. The first kappa shape index (κ1) is 12.0. The molecule has 5 nitrogen and oxygen atoms in total. The second-order valence-corrected chi connectivity index (χ2v) is 4.93. The summed E-state index contributed by atoms with van der Waals surface area (Å²) in [5.74, 6) is -0.684. The van der Waals surface area contributed by atoms with Gasteiger partial charge in [-0.2, -0.15) is 0 Å². The number of carbonyl (C=O) groups excluding carboxylic acids is 1. The number of carboxylic acid groups (broad SMARTS) is 1. The maximum Gasteiger partial charge on any atom is 0.326 e. The predicted octanol–water partition coefficient (Wildman–Crippen LogP) is 1.24. The van der Waals surface area contributed by atoms with Gasteiger partial charge >= 0.3 is 5.97 Å². The molecule has 1 aromatic rings. The Kier molecular flexibility index (Phi) is 2.89. The maximum absolute atomic E-state index is 12.5. The number of hydrogen-bond acceptors (Lipinski definition) is 3. The summed E-state index contributed by atoms with van der Waals surface area (Å²) in [5.41, 5.74) is 0.864. The Hall–Kier alpha value is -2.04. The number of likely N-dealkylation sites (tertiary alicyclic amines) is 1. The number of carbonyl (C=O) groups is 2. The molecular formula is C14H15NO4. The Balaban J connectivity index is 1.84. The fourth-order valence-corrected chi connectivity index (χ4v) is 2.85. The minimum Gasteiger partial charge on any atom is -0.492 e. The van der Waals surface area contributed by atoms with Crippen LogP contribution in [-0.2, 0) is 9.59 Å². The first-order valence-corrected chi connectivity index (χ1v) is 6.43. The molecule has 0 bridgehead atoms. The molecule has 5 heteroatoms. The monoisotopic (exact) mass is 261 g/mol. The molecule has 1 aromatic carbocycles. The van der Waals surface area contributed by atoms with Crippen LogP contribution >= 0.6 is 0 Å². The average Bonchev–Trinajstić information content (AvgIpc) is 3.05. The van der Waals surface area contributed by atoms with Crippen LogP contribution in [0, 0.1) is 0 Å². The summed E-state index contributed by atoms with van der Waals surface area (Å²) in [6, 6.07) is 6.76. The lowest BCUT2D eigenvalue weighted by Crippen LogP contribution is -2.43. The van der Waals surface area contributed by atoms with E-state index >= 15 is 0 Å². The number of hydrogen-bond donors (Lipinski definition) is 1. The molecule has 1 N–H and O–H groups in total. The molecule has 2 aliphatic heterocycles. The SMILES string of the molecule is O=C(O)C1CCCN1C(=O)C1COc2ccccc21. The van der Waals surface area contributed by atoms with Crippen LogP contribution in [0.4, 0.5) is 0 Å². The molecule has 0 aliphatic carbocycles. The van der Waals surface area contributed by atoms with Crippen LogP contribution in [-0.4, -0.2) is 41.1 Å². The lowest BCUT2D eigenvalue weighted by Gasteiger charge is -2.24. The van der Waals surface area contributed by atoms with E-state index in [9.17, 15) is 9.59 Å². The van der Waals surface area contributed by atoms with E-state index in [1.165, 1.54) is 4.90 Å². The van der Waals surface area contributed by atoms with Gasteiger partial charge in [0.25, 0.3) is 0 Å². The third-order valence-electron chi connectivity index (χ3n) is 3.82. The van der Waals surface area contributed by atoms with Crippen molar-refractivity contribution in [3.63, 3.8) is 0 Å². The van der Waals surface area contributed by atoms with Crippen molar-refractivity contribution in [2.24, 2.45) is 0 Å². The fraction of sp³-hybridized carbons (Fsp3) is 0.429. The molecule has 1 amide bonds. The van der Waals surface area contributed by atoms with Crippen LogP contribution in [0.3, 0.4) is 0 Å². The van der Waals surface area contributed by atoms with Gasteiger partial charge in [-0.1, -0.05) is 18.2 Å². The van der Waals surface area contributed by atoms with E-state index in [0.717, 1.165) is 17.7 Å². The van der Waals surface area contributed by atoms with Gasteiger partial charge in [0.1, 0.15) is 24.3 Å². The highest BCUT2D eigenvalue weighted by molar-refractivity contribution is 5.89. The number of amides is 1. The number of para-hydroxylation sites is 1. The summed E-state index contributed by atoms with van der Waals surface area (Å²) < 4.78 is 5.49. The summed E-state index contributed by atoms with van der Waals surface area (Å²) in [6.45, 7) is 0.829. The molecule has 2 heterocycles. The van der Waals surface area contributed by atoms with Gasteiger partial charge in [0.15, 0.2) is 0 Å². The molecular weight excluding hydrogens is 246 g/mol. The Labute approximate surface area is 110 Å². The number of benzene rings is 1. The van der Waals surface area contributed by atoms with Gasteiger partial charge in [0.2, 0.25) is 5.91 Å². The average molecular weight is 261 g/mol. The largest absolute Gasteiger partial charge is 0.492 e. The van der Waals surface area contributed by atoms with Crippen LogP contribution < -0.4 is 4.74 Å². The summed E-state index contributed by atoms with van der Waals surface area (Å²) in [4.78, 5) is 25.1. The van der Waals surface area contributed by atoms with E-state index < -0.39 is 12.0 Å². The Morgan fingerprint density at radius 1 is 1.32 bits per heavy atom. The third kappa shape index (κ3) is 1.95. The lowest BCUT2D eigenvalue weighted by atomic mass is 9.99. The second-order valence-electron chi connectivity index (χ2n) is 4.93. The van der Waals surface area contributed by atoms with E-state index in [1.54, 1.807) is 0 Å². The van der Waals surface area contributed by atoms with Crippen molar-refractivity contribution >= 4 is 11.9 Å². The smallest absolute Gasteiger partial charge is 0.326 e. The highest BCUT2D eigenvalue weighted by atomic mass is 16.5. The fourth-order valence-electron chi connectivity index (χ4n) is 2.85. The van der Waals surface area contributed by atoms with Crippen molar-refractivity contribution in [3.05, 3.63) is 29.8 Å². The maximum atomic E-state index is 12.5. The summed E-state index contributed by atoms with van der Waals surface area (Å²) in [7, 11) is 0. The standard InChI is InChI=1S/C14H15NO4/c16-13(15-7-3-5-11(15)14(17)18)10-8-19-12-6-2-1-4-9(10)12/h1-2,4,6,10-11H,3,5,7-8H2,(H,17,18). The van der Waals surface area contributed by atoms with Gasteiger partial charge in [-0.25, -0.2) is 4.79 Å². The molecule has 2 aliphatic rings. The van der Waals surface area contributed by atoms with E-state index in [-0.39, 0.29) is 11.8 Å². The second kappa shape index (κ2) is 4.57. The highest BCUT2D eigenvalue weighted by Crippen LogP contribution is 2.36. The molecule has 19 heavy (non-hydrogen) atoms. The molecule has 3 rings (SSSR count).